The molecule has 0 bridgehead atoms. The van der Waals surface area contributed by atoms with Crippen molar-refractivity contribution in [2.75, 3.05) is 46.4 Å². The van der Waals surface area contributed by atoms with E-state index in [1.54, 1.807) is 7.11 Å². The van der Waals surface area contributed by atoms with Gasteiger partial charge in [-0.1, -0.05) is 18.9 Å². The van der Waals surface area contributed by atoms with E-state index in [0.717, 1.165) is 18.4 Å². The lowest BCUT2D eigenvalue weighted by atomic mass is 9.82. The van der Waals surface area contributed by atoms with Gasteiger partial charge in [0.15, 0.2) is 11.5 Å². The van der Waals surface area contributed by atoms with E-state index in [9.17, 15) is 13.9 Å². The average molecular weight is 439 g/mol. The van der Waals surface area contributed by atoms with Crippen LogP contribution in [0.2, 0.25) is 0 Å². The number of methoxy groups -OCH3 is 1. The molecular weight excluding hydrogens is 402 g/mol. The molecule has 1 saturated carbocycles. The van der Waals surface area contributed by atoms with Gasteiger partial charge in [0.2, 0.25) is 0 Å². The molecule has 0 radical (unpaired) electrons. The molecule has 3 aliphatic rings. The van der Waals surface area contributed by atoms with Crippen molar-refractivity contribution in [2.45, 2.75) is 57.1 Å². The van der Waals surface area contributed by atoms with Crippen LogP contribution in [0.15, 0.2) is 18.2 Å². The number of aliphatic hydroxyl groups excluding tert-OH is 1. The first-order chi connectivity index (χ1) is 14.9. The Balaban J connectivity index is 1.29. The molecule has 7 heteroatoms. The van der Waals surface area contributed by atoms with Gasteiger partial charge in [-0.3, -0.25) is 4.90 Å². The zero-order chi connectivity index (χ0) is 21.8. The number of β-amino-alcohol motifs (C(OH)–C–C–N with tert-alkyl or cyclic N) is 1. The second-order valence-electron chi connectivity index (χ2n) is 9.61. The van der Waals surface area contributed by atoms with Gasteiger partial charge in [0, 0.05) is 52.1 Å². The van der Waals surface area contributed by atoms with E-state index in [1.807, 2.05) is 17.0 Å². The zero-order valence-corrected chi connectivity index (χ0v) is 18.6. The summed E-state index contributed by atoms with van der Waals surface area (Å²) >= 11 is 0. The molecule has 1 aromatic rings. The van der Waals surface area contributed by atoms with Gasteiger partial charge in [-0.25, -0.2) is 8.78 Å². The van der Waals surface area contributed by atoms with Crippen LogP contribution < -0.4 is 9.47 Å². The third-order valence-electron chi connectivity index (χ3n) is 7.17. The van der Waals surface area contributed by atoms with Gasteiger partial charge >= 0.3 is 0 Å². The molecular formula is C24H36F2N2O3. The lowest BCUT2D eigenvalue weighted by molar-refractivity contribution is -0.0628. The normalized spacial score (nSPS) is 27.6. The fourth-order valence-corrected chi connectivity index (χ4v) is 5.42. The van der Waals surface area contributed by atoms with Crippen LogP contribution in [0.5, 0.6) is 11.5 Å². The molecule has 1 aromatic carbocycles. The lowest BCUT2D eigenvalue weighted by Crippen LogP contribution is -2.44. The minimum absolute atomic E-state index is 0.112. The monoisotopic (exact) mass is 438 g/mol. The lowest BCUT2D eigenvalue weighted by Gasteiger charge is -2.32. The highest BCUT2D eigenvalue weighted by Gasteiger charge is 2.35. The first-order valence-electron chi connectivity index (χ1n) is 11.7. The van der Waals surface area contributed by atoms with Gasteiger partial charge in [0.1, 0.15) is 12.7 Å². The van der Waals surface area contributed by atoms with Crippen LogP contribution in [0.4, 0.5) is 8.78 Å². The SMILES string of the molecule is COc1ccc(CN2C[C@H]3CCCC[C@H]3C2)cc1OCC(O)CN1CCC(F)(F)CC1. The minimum atomic E-state index is -2.57. The molecule has 1 N–H and O–H groups in total. The summed E-state index contributed by atoms with van der Waals surface area (Å²) in [4.78, 5) is 4.43. The highest BCUT2D eigenvalue weighted by molar-refractivity contribution is 5.43. The van der Waals surface area contributed by atoms with Crippen LogP contribution in [0.1, 0.15) is 44.1 Å². The summed E-state index contributed by atoms with van der Waals surface area (Å²) in [5.74, 6) is 0.406. The average Bonchev–Trinajstić information content (AvgIpc) is 3.16. The number of benzene rings is 1. The maximum atomic E-state index is 13.3. The Bertz CT molecular complexity index is 709. The summed E-state index contributed by atoms with van der Waals surface area (Å²) in [5, 5.41) is 10.4. The quantitative estimate of drug-likeness (QED) is 0.669. The summed E-state index contributed by atoms with van der Waals surface area (Å²) < 4.78 is 38.0. The van der Waals surface area contributed by atoms with E-state index >= 15 is 0 Å². The molecule has 0 spiro atoms. The third-order valence-corrected chi connectivity index (χ3v) is 7.17. The highest BCUT2D eigenvalue weighted by atomic mass is 19.3. The fraction of sp³-hybridized carbons (Fsp3) is 0.750. The van der Waals surface area contributed by atoms with E-state index in [1.165, 1.54) is 44.3 Å². The van der Waals surface area contributed by atoms with Gasteiger partial charge in [-0.05, 0) is 42.4 Å². The van der Waals surface area contributed by atoms with Gasteiger partial charge in [0.05, 0.1) is 7.11 Å². The Hall–Kier alpha value is -1.44. The Morgan fingerprint density at radius 1 is 1.06 bits per heavy atom. The van der Waals surface area contributed by atoms with E-state index in [2.05, 4.69) is 11.0 Å². The summed E-state index contributed by atoms with van der Waals surface area (Å²) in [6.45, 7) is 4.33. The van der Waals surface area contributed by atoms with Crippen LogP contribution in [-0.4, -0.2) is 73.4 Å². The zero-order valence-electron chi connectivity index (χ0n) is 18.6. The molecule has 3 atom stereocenters. The molecule has 1 unspecified atom stereocenters. The standard InChI is InChI=1S/C24H36F2N2O3/c1-30-22-7-6-18(13-28-14-19-4-2-3-5-20(19)15-28)12-23(22)31-17-21(29)16-27-10-8-24(25,26)9-11-27/h6-7,12,19-21,29H,2-5,8-11,13-17H2,1H3/t19-,20+,21?. The van der Waals surface area contributed by atoms with Crippen molar-refractivity contribution in [1.29, 1.82) is 0 Å². The van der Waals surface area contributed by atoms with E-state index in [4.69, 9.17) is 9.47 Å². The van der Waals surface area contributed by atoms with Gasteiger partial charge in [-0.15, -0.1) is 0 Å². The minimum Gasteiger partial charge on any atom is -0.493 e. The fourth-order valence-electron chi connectivity index (χ4n) is 5.42. The van der Waals surface area contributed by atoms with Gasteiger partial charge in [0.25, 0.3) is 5.92 Å². The van der Waals surface area contributed by atoms with Gasteiger partial charge < -0.3 is 19.5 Å². The van der Waals surface area contributed by atoms with E-state index < -0.39 is 12.0 Å². The van der Waals surface area contributed by atoms with Crippen molar-refractivity contribution in [2.24, 2.45) is 11.8 Å². The number of fused-ring (bicyclic) bond motifs is 1. The number of ether oxygens (including phenoxy) is 2. The van der Waals surface area contributed by atoms with Crippen molar-refractivity contribution >= 4 is 0 Å². The third kappa shape index (κ3) is 6.08. The predicted molar refractivity (Wildman–Crippen MR) is 116 cm³/mol. The molecule has 1 aliphatic carbocycles. The number of aliphatic hydroxyl groups is 1. The number of rotatable bonds is 8. The number of hydrogen-bond acceptors (Lipinski definition) is 5. The molecule has 2 saturated heterocycles. The number of likely N-dealkylation sites (tertiary alicyclic amines) is 2. The first kappa shape index (κ1) is 22.7. The highest BCUT2D eigenvalue weighted by Crippen LogP contribution is 2.37. The van der Waals surface area contributed by atoms with E-state index in [0.29, 0.717) is 31.1 Å². The van der Waals surface area contributed by atoms with Crippen LogP contribution in [0.3, 0.4) is 0 Å². The number of halogens is 2. The van der Waals surface area contributed by atoms with Crippen molar-refractivity contribution in [3.05, 3.63) is 23.8 Å². The van der Waals surface area contributed by atoms with E-state index in [-0.39, 0.29) is 19.4 Å². The van der Waals surface area contributed by atoms with Crippen LogP contribution in [0, 0.1) is 11.8 Å². The molecule has 0 amide bonds. The smallest absolute Gasteiger partial charge is 0.250 e. The van der Waals surface area contributed by atoms with Crippen molar-refractivity contribution < 1.29 is 23.4 Å². The maximum absolute atomic E-state index is 13.3. The molecule has 5 nitrogen and oxygen atoms in total. The number of alkyl halides is 2. The van der Waals surface area contributed by atoms with Crippen molar-refractivity contribution in [3.63, 3.8) is 0 Å². The maximum Gasteiger partial charge on any atom is 0.250 e. The summed E-state index contributed by atoms with van der Waals surface area (Å²) in [7, 11) is 1.61. The molecule has 31 heavy (non-hydrogen) atoms. The van der Waals surface area contributed by atoms with Crippen molar-refractivity contribution in [1.82, 2.24) is 9.80 Å². The predicted octanol–water partition coefficient (Wildman–Crippen LogP) is 3.79. The summed E-state index contributed by atoms with van der Waals surface area (Å²) in [5.41, 5.74) is 1.18. The molecule has 2 aliphatic heterocycles. The molecule has 3 fully saturated rings. The molecule has 4 rings (SSSR count). The second kappa shape index (κ2) is 10.0. The molecule has 0 aromatic heterocycles. The number of nitrogens with zero attached hydrogens (tertiary/aromatic N) is 2. The molecule has 174 valence electrons. The summed E-state index contributed by atoms with van der Waals surface area (Å²) in [6.07, 6.45) is 4.45. The van der Waals surface area contributed by atoms with Crippen molar-refractivity contribution in [3.8, 4) is 11.5 Å². The number of piperidine rings is 1. The first-order valence-corrected chi connectivity index (χ1v) is 11.7. The Morgan fingerprint density at radius 3 is 2.39 bits per heavy atom. The van der Waals surface area contributed by atoms with Crippen LogP contribution in [-0.2, 0) is 6.54 Å². The van der Waals surface area contributed by atoms with Gasteiger partial charge in [-0.2, -0.15) is 0 Å². The Kier molecular flexibility index (Phi) is 7.34. The van der Waals surface area contributed by atoms with Crippen LogP contribution in [0.25, 0.3) is 0 Å². The summed E-state index contributed by atoms with van der Waals surface area (Å²) in [6, 6.07) is 6.01. The largest absolute Gasteiger partial charge is 0.493 e. The second-order valence-corrected chi connectivity index (χ2v) is 9.61. The number of hydrogen-bond donors (Lipinski definition) is 1. The Labute approximate surface area is 184 Å². The molecule has 2 heterocycles. The topological polar surface area (TPSA) is 45.2 Å². The van der Waals surface area contributed by atoms with Crippen LogP contribution >= 0.6 is 0 Å². The Morgan fingerprint density at radius 2 is 1.74 bits per heavy atom.